The molecule has 160 valence electrons. The molecule has 5 rings (SSSR count). The molecule has 0 spiro atoms. The van der Waals surface area contributed by atoms with Gasteiger partial charge in [0.25, 0.3) is 5.91 Å². The highest BCUT2D eigenvalue weighted by molar-refractivity contribution is 5.95. The zero-order valence-electron chi connectivity index (χ0n) is 17.6. The molecule has 1 aromatic carbocycles. The van der Waals surface area contributed by atoms with Crippen molar-refractivity contribution in [3.05, 3.63) is 60.6 Å². The fourth-order valence-electron chi connectivity index (χ4n) is 4.29. The molecule has 2 aromatic heterocycles. The molecule has 0 N–H and O–H groups in total. The summed E-state index contributed by atoms with van der Waals surface area (Å²) in [4.78, 5) is 28.8. The highest BCUT2D eigenvalue weighted by Crippen LogP contribution is 2.21. The Balaban J connectivity index is 1.24. The Morgan fingerprint density at radius 3 is 2.45 bits per heavy atom. The van der Waals surface area contributed by atoms with Crippen molar-refractivity contribution in [1.82, 2.24) is 24.6 Å². The monoisotopic (exact) mass is 417 g/mol. The highest BCUT2D eigenvalue weighted by atomic mass is 16.2. The van der Waals surface area contributed by atoms with Crippen LogP contribution in [0.4, 0.5) is 11.8 Å². The predicted octanol–water partition coefficient (Wildman–Crippen LogP) is 2.62. The van der Waals surface area contributed by atoms with Crippen molar-refractivity contribution >= 4 is 17.7 Å². The number of amides is 1. The van der Waals surface area contributed by atoms with Crippen molar-refractivity contribution in [2.75, 3.05) is 49.1 Å². The summed E-state index contributed by atoms with van der Waals surface area (Å²) in [6.07, 6.45) is 9.16. The van der Waals surface area contributed by atoms with E-state index in [4.69, 9.17) is 4.98 Å². The van der Waals surface area contributed by atoms with Crippen molar-refractivity contribution in [3.63, 3.8) is 0 Å². The lowest BCUT2D eigenvalue weighted by Gasteiger charge is -2.36. The summed E-state index contributed by atoms with van der Waals surface area (Å²) in [5.41, 5.74) is 1.58. The maximum absolute atomic E-state index is 13.1. The molecule has 8 heteroatoms. The van der Waals surface area contributed by atoms with Crippen LogP contribution in [-0.4, -0.2) is 69.8 Å². The fourth-order valence-corrected chi connectivity index (χ4v) is 4.29. The van der Waals surface area contributed by atoms with E-state index in [-0.39, 0.29) is 5.91 Å². The molecule has 0 unspecified atom stereocenters. The number of nitrogens with zero attached hydrogens (tertiary/aromatic N) is 7. The first-order valence-electron chi connectivity index (χ1n) is 11.0. The van der Waals surface area contributed by atoms with Gasteiger partial charge in [0.15, 0.2) is 0 Å². The number of benzene rings is 1. The number of carbonyl (C=O) groups excluding carboxylic acids is 1. The molecule has 0 saturated carbocycles. The fraction of sp³-hybridized carbons (Fsp3) is 0.391. The summed E-state index contributed by atoms with van der Waals surface area (Å²) in [7, 11) is 0. The molecule has 8 nitrogen and oxygen atoms in total. The molecular weight excluding hydrogens is 390 g/mol. The summed E-state index contributed by atoms with van der Waals surface area (Å²) in [5.74, 6) is 1.83. The van der Waals surface area contributed by atoms with Crippen LogP contribution in [0.3, 0.4) is 0 Å². The molecule has 0 atom stereocenters. The molecule has 0 aliphatic carbocycles. The third kappa shape index (κ3) is 4.23. The molecular formula is C23H27N7O. The summed E-state index contributed by atoms with van der Waals surface area (Å²) >= 11 is 0. The first kappa shape index (κ1) is 19.5. The Hall–Kier alpha value is -3.42. The van der Waals surface area contributed by atoms with Gasteiger partial charge in [-0.1, -0.05) is 6.07 Å². The SMILES string of the molecule is O=C(c1cccc(-n2cccn2)c1)N1CCN(c2ccnc(N3CCCCC3)n2)CC1. The second-order valence-electron chi connectivity index (χ2n) is 8.04. The smallest absolute Gasteiger partial charge is 0.254 e. The molecule has 2 aliphatic rings. The molecule has 2 fully saturated rings. The van der Waals surface area contributed by atoms with Crippen LogP contribution in [0.5, 0.6) is 0 Å². The van der Waals surface area contributed by atoms with Crippen molar-refractivity contribution in [2.45, 2.75) is 19.3 Å². The van der Waals surface area contributed by atoms with E-state index in [1.165, 1.54) is 19.3 Å². The van der Waals surface area contributed by atoms with E-state index in [0.717, 1.165) is 43.6 Å². The van der Waals surface area contributed by atoms with Gasteiger partial charge >= 0.3 is 0 Å². The van der Waals surface area contributed by atoms with E-state index in [2.05, 4.69) is 19.9 Å². The third-order valence-electron chi connectivity index (χ3n) is 6.02. The van der Waals surface area contributed by atoms with E-state index >= 15 is 0 Å². The lowest BCUT2D eigenvalue weighted by Crippen LogP contribution is -2.49. The number of hydrogen-bond acceptors (Lipinski definition) is 6. The molecule has 31 heavy (non-hydrogen) atoms. The van der Waals surface area contributed by atoms with E-state index in [0.29, 0.717) is 18.7 Å². The number of piperidine rings is 1. The van der Waals surface area contributed by atoms with Crippen molar-refractivity contribution in [1.29, 1.82) is 0 Å². The molecule has 2 aliphatic heterocycles. The highest BCUT2D eigenvalue weighted by Gasteiger charge is 2.24. The Labute approximate surface area is 182 Å². The maximum atomic E-state index is 13.1. The lowest BCUT2D eigenvalue weighted by atomic mass is 10.1. The molecule has 1 amide bonds. The van der Waals surface area contributed by atoms with Crippen LogP contribution in [0, 0.1) is 0 Å². The maximum Gasteiger partial charge on any atom is 0.254 e. The number of carbonyl (C=O) groups is 1. The minimum Gasteiger partial charge on any atom is -0.353 e. The Kier molecular flexibility index (Phi) is 5.52. The van der Waals surface area contributed by atoms with Gasteiger partial charge in [0.05, 0.1) is 5.69 Å². The van der Waals surface area contributed by atoms with Gasteiger partial charge in [0.1, 0.15) is 5.82 Å². The minimum atomic E-state index is 0.0605. The van der Waals surface area contributed by atoms with Gasteiger partial charge in [0, 0.05) is 63.4 Å². The lowest BCUT2D eigenvalue weighted by molar-refractivity contribution is 0.0746. The van der Waals surface area contributed by atoms with Crippen LogP contribution in [0.2, 0.25) is 0 Å². The quantitative estimate of drug-likeness (QED) is 0.650. The van der Waals surface area contributed by atoms with Crippen LogP contribution < -0.4 is 9.80 Å². The van der Waals surface area contributed by atoms with Crippen molar-refractivity contribution in [2.24, 2.45) is 0 Å². The van der Waals surface area contributed by atoms with Crippen LogP contribution in [-0.2, 0) is 0 Å². The van der Waals surface area contributed by atoms with Gasteiger partial charge in [-0.15, -0.1) is 0 Å². The van der Waals surface area contributed by atoms with Crippen molar-refractivity contribution < 1.29 is 4.79 Å². The van der Waals surface area contributed by atoms with Crippen LogP contribution in [0.1, 0.15) is 29.6 Å². The number of aromatic nitrogens is 4. The summed E-state index contributed by atoms with van der Waals surface area (Å²) < 4.78 is 1.77. The van der Waals surface area contributed by atoms with Crippen LogP contribution in [0.15, 0.2) is 55.0 Å². The summed E-state index contributed by atoms with van der Waals surface area (Å²) in [6, 6.07) is 11.5. The predicted molar refractivity (Wildman–Crippen MR) is 120 cm³/mol. The van der Waals surface area contributed by atoms with E-state index in [1.54, 1.807) is 10.9 Å². The van der Waals surface area contributed by atoms with Crippen LogP contribution in [0.25, 0.3) is 5.69 Å². The second kappa shape index (κ2) is 8.75. The number of piperazine rings is 1. The normalized spacial score (nSPS) is 17.1. The minimum absolute atomic E-state index is 0.0605. The zero-order valence-corrected chi connectivity index (χ0v) is 17.6. The summed E-state index contributed by atoms with van der Waals surface area (Å²) in [6.45, 7) is 4.94. The van der Waals surface area contributed by atoms with E-state index in [1.807, 2.05) is 53.7 Å². The van der Waals surface area contributed by atoms with Gasteiger partial charge in [-0.05, 0) is 49.6 Å². The Morgan fingerprint density at radius 1 is 0.839 bits per heavy atom. The zero-order chi connectivity index (χ0) is 21.0. The van der Waals surface area contributed by atoms with E-state index < -0.39 is 0 Å². The Bertz CT molecular complexity index is 1020. The van der Waals surface area contributed by atoms with Gasteiger partial charge in [-0.2, -0.15) is 10.1 Å². The van der Waals surface area contributed by atoms with Gasteiger partial charge in [0.2, 0.25) is 5.95 Å². The van der Waals surface area contributed by atoms with E-state index in [9.17, 15) is 4.79 Å². The molecule has 0 bridgehead atoms. The molecule has 0 radical (unpaired) electrons. The molecule has 4 heterocycles. The number of hydrogen-bond donors (Lipinski definition) is 0. The average Bonchev–Trinajstić information content (AvgIpc) is 3.40. The largest absolute Gasteiger partial charge is 0.353 e. The van der Waals surface area contributed by atoms with Gasteiger partial charge in [-0.3, -0.25) is 4.79 Å². The van der Waals surface area contributed by atoms with Gasteiger partial charge in [-0.25, -0.2) is 9.67 Å². The van der Waals surface area contributed by atoms with Gasteiger partial charge < -0.3 is 14.7 Å². The molecule has 3 aromatic rings. The first-order chi connectivity index (χ1) is 15.3. The average molecular weight is 418 g/mol. The number of anilines is 2. The summed E-state index contributed by atoms with van der Waals surface area (Å²) in [5, 5.41) is 4.25. The first-order valence-corrected chi connectivity index (χ1v) is 11.0. The topological polar surface area (TPSA) is 70.4 Å². The van der Waals surface area contributed by atoms with Crippen LogP contribution >= 0.6 is 0 Å². The Morgan fingerprint density at radius 2 is 1.68 bits per heavy atom. The second-order valence-corrected chi connectivity index (χ2v) is 8.04. The third-order valence-corrected chi connectivity index (χ3v) is 6.02. The standard InChI is InChI=1S/C23H27N7O/c31-22(19-6-4-7-20(18-19)30-13-5-9-25-30)28-16-14-27(15-17-28)21-8-10-24-23(26-21)29-11-2-1-3-12-29/h4-10,13,18H,1-3,11-12,14-17H2. The van der Waals surface area contributed by atoms with Crippen molar-refractivity contribution in [3.8, 4) is 5.69 Å². The molecule has 2 saturated heterocycles. The number of rotatable bonds is 4.